The lowest BCUT2D eigenvalue weighted by Gasteiger charge is -2.34. The van der Waals surface area contributed by atoms with E-state index in [1.165, 1.54) is 14.1 Å². The van der Waals surface area contributed by atoms with Crippen LogP contribution < -0.4 is 76.1 Å². The molecule has 4 rings (SSSR count). The molecule has 2 heterocycles. The van der Waals surface area contributed by atoms with Crippen LogP contribution in [0.25, 0.3) is 10.9 Å². The summed E-state index contributed by atoms with van der Waals surface area (Å²) in [7, 11) is 2.49. The van der Waals surface area contributed by atoms with E-state index < -0.39 is 225 Å². The molecule has 37 nitrogen and oxygen atoms in total. The molecule has 0 bridgehead atoms. The number of H-pyrrole nitrogens is 1. The average Bonchev–Trinajstić information content (AvgIpc) is 1.63. The van der Waals surface area contributed by atoms with Crippen LogP contribution in [0.15, 0.2) is 60.8 Å². The molecule has 111 heavy (non-hydrogen) atoms. The number of carbonyl (C=O) groups excluding carboxylic acids is 15. The number of hydrogen-bond donors (Lipinski definition) is 18. The molecule has 1 aliphatic heterocycles. The summed E-state index contributed by atoms with van der Waals surface area (Å²) >= 11 is 0. The van der Waals surface area contributed by atoms with Crippen LogP contribution >= 0.6 is 0 Å². The van der Waals surface area contributed by atoms with Crippen LogP contribution in [0.3, 0.4) is 0 Å². The average molecular weight is 1560 g/mol. The number of cyclic esters (lactones) is 1. The molecule has 12 atom stereocenters. The van der Waals surface area contributed by atoms with Crippen molar-refractivity contribution in [2.24, 2.45) is 40.7 Å². The number of fused-ring (bicyclic) bond motifs is 1. The summed E-state index contributed by atoms with van der Waals surface area (Å²) in [6.45, 7) is 7.44. The van der Waals surface area contributed by atoms with Gasteiger partial charge in [0.25, 0.3) is 0 Å². The minimum Gasteiger partial charge on any atom is -0.481 e. The number of ether oxygens (including phenoxy) is 1. The SMILES string of the molecule is CC(C)CCC[C@@H]1CC(=O)N[C@@H](CO)C(=O)N[C@H](CC(N)=O)C(=O)N[C@@H](CO)C(=O)NCC(=O)N(C)[C@H](Cc2ccccc2)C(=O)N[C@@H](CC(C)C)C(=O)N[C@H](CCCCN)C(=O)N[C@@H](CCC(=O)O)C(=O)N[C@H](CC(N)=O)C(=O)N[C@H](Cc2c[nH]c3ccccc23)C(=O)N[C@H](CCCN)C(=O)N(C)[C@@H](C(C)C)C(=O)O1. The first kappa shape index (κ1) is 92.7. The maximum Gasteiger partial charge on any atom is 0.329 e. The molecule has 37 heteroatoms. The first-order valence-electron chi connectivity index (χ1n) is 37.2. The standard InChI is InChI=1S/C74H113N17O20/c1-40(2)18-16-21-45-33-60(96)81-56(39-93)71(107)87-54(35-59(78)95)70(106)89-55(38-92)64(100)80-37-61(97)90(7)57(31-43-19-10-9-11-20-43)72(108)88-51(30-41(3)4)67(103)82-48(24-14-15-28-75)65(101)83-49(26-27-62(98)99)66(102)86-53(34-58(77)94)69(105)85-52(32-44-36-79-47-23-13-12-22-46(44)47)68(104)84-50(25-17-29-76)73(109)91(8)63(42(5)6)74(110)111-45/h9-13,19-20,22-23,36,40-42,45,48-57,63,79,92-93H,14-18,21,24-35,37-39,75-76H2,1-8H3,(H2,77,94)(H2,78,95)(H,80,100)(H,81,96)(H,82,103)(H,83,101)(H,84,104)(H,85,105)(H,86,102)(H,87,107)(H,88,108)(H,89,106)(H,98,99)/t45-,48-,49+,50-,51+,52-,53-,54-,55+,56+,57-,63+/m1/s1. The highest BCUT2D eigenvalue weighted by Gasteiger charge is 2.41. The van der Waals surface area contributed by atoms with Gasteiger partial charge in [0.2, 0.25) is 82.7 Å². The number of carboxylic acid groups (broad SMARTS) is 1. The molecular weight excluding hydrogens is 1450 g/mol. The number of nitrogens with zero attached hydrogens (tertiary/aromatic N) is 2. The minimum absolute atomic E-state index is 0.00841. The predicted molar refractivity (Wildman–Crippen MR) is 403 cm³/mol. The molecule has 14 amide bonds. The fourth-order valence-corrected chi connectivity index (χ4v) is 12.4. The molecule has 1 aromatic heterocycles. The van der Waals surface area contributed by atoms with Crippen LogP contribution in [0, 0.1) is 17.8 Å². The highest BCUT2D eigenvalue weighted by molar-refractivity contribution is 6.01. The molecule has 1 saturated heterocycles. The zero-order valence-corrected chi connectivity index (χ0v) is 64.3. The van der Waals surface area contributed by atoms with E-state index >= 15 is 4.79 Å². The van der Waals surface area contributed by atoms with Crippen LogP contribution in [-0.4, -0.2) is 244 Å². The maximum atomic E-state index is 15.1. The number of benzene rings is 2. The number of esters is 1. The Hall–Kier alpha value is -10.7. The zero-order valence-electron chi connectivity index (χ0n) is 64.3. The Bertz CT molecular complexity index is 3690. The van der Waals surface area contributed by atoms with Gasteiger partial charge in [0.1, 0.15) is 72.6 Å². The number of hydrogen-bond acceptors (Lipinski definition) is 21. The van der Waals surface area contributed by atoms with Crippen molar-refractivity contribution in [1.82, 2.24) is 68.0 Å². The van der Waals surface area contributed by atoms with E-state index in [2.05, 4.69) is 58.2 Å². The van der Waals surface area contributed by atoms with Crippen LogP contribution in [-0.2, 0) is 94.3 Å². The number of carboxylic acids is 1. The van der Waals surface area contributed by atoms with Crippen LogP contribution in [0.2, 0.25) is 0 Å². The molecule has 2 aromatic carbocycles. The minimum atomic E-state index is -1.96. The summed E-state index contributed by atoms with van der Waals surface area (Å²) in [5.74, 6) is -18.6. The molecular formula is C74H113N17O20. The quantitative estimate of drug-likeness (QED) is 0.0259. The number of aromatic amines is 1. The number of aliphatic hydroxyl groups excluding tert-OH is 2. The predicted octanol–water partition coefficient (Wildman–Crippen LogP) is -3.60. The number of nitrogens with two attached hydrogens (primary N) is 4. The Kier molecular flexibility index (Phi) is 39.1. The number of primary amides is 2. The topological polar surface area (TPSA) is 590 Å². The highest BCUT2D eigenvalue weighted by Crippen LogP contribution is 2.23. The number of carbonyl (C=O) groups is 16. The van der Waals surface area contributed by atoms with Crippen molar-refractivity contribution in [3.8, 4) is 0 Å². The van der Waals surface area contributed by atoms with Gasteiger partial charge in [0, 0.05) is 50.5 Å². The van der Waals surface area contributed by atoms with Gasteiger partial charge >= 0.3 is 11.9 Å². The molecule has 3 aromatic rings. The fraction of sp³-hybridized carbons (Fsp3) is 0.595. The number of nitrogens with one attached hydrogen (secondary N) is 11. The van der Waals surface area contributed by atoms with Crippen molar-refractivity contribution >= 4 is 106 Å². The summed E-state index contributed by atoms with van der Waals surface area (Å²) < 4.78 is 6.04. The van der Waals surface area contributed by atoms with Crippen molar-refractivity contribution in [2.75, 3.05) is 46.9 Å². The molecule has 614 valence electrons. The van der Waals surface area contributed by atoms with E-state index in [-0.39, 0.29) is 76.3 Å². The van der Waals surface area contributed by atoms with Gasteiger partial charge in [-0.1, -0.05) is 96.5 Å². The first-order chi connectivity index (χ1) is 52.5. The molecule has 0 spiro atoms. The fourth-order valence-electron chi connectivity index (χ4n) is 12.4. The van der Waals surface area contributed by atoms with E-state index in [1.54, 1.807) is 88.5 Å². The lowest BCUT2D eigenvalue weighted by atomic mass is 9.99. The van der Waals surface area contributed by atoms with Crippen LogP contribution in [0.1, 0.15) is 143 Å². The first-order valence-corrected chi connectivity index (χ1v) is 37.2. The lowest BCUT2D eigenvalue weighted by molar-refractivity contribution is -0.162. The smallest absolute Gasteiger partial charge is 0.329 e. The summed E-state index contributed by atoms with van der Waals surface area (Å²) in [5.41, 5.74) is 24.5. The van der Waals surface area contributed by atoms with Gasteiger partial charge in [0.15, 0.2) is 0 Å². The Balaban J connectivity index is 1.92. The monoisotopic (exact) mass is 1560 g/mol. The third-order valence-electron chi connectivity index (χ3n) is 18.5. The number of unbranched alkanes of at least 4 members (excludes halogenated alkanes) is 1. The van der Waals surface area contributed by atoms with E-state index in [0.29, 0.717) is 41.3 Å². The molecule has 0 radical (unpaired) electrons. The second-order valence-electron chi connectivity index (χ2n) is 28.8. The van der Waals surface area contributed by atoms with Gasteiger partial charge in [-0.2, -0.15) is 0 Å². The van der Waals surface area contributed by atoms with Gasteiger partial charge in [-0.25, -0.2) is 4.79 Å². The second-order valence-corrected chi connectivity index (χ2v) is 28.8. The van der Waals surface area contributed by atoms with E-state index in [4.69, 9.17) is 27.7 Å². The Morgan fingerprint density at radius 3 is 1.58 bits per heavy atom. The zero-order chi connectivity index (χ0) is 82.8. The number of para-hydroxylation sites is 1. The van der Waals surface area contributed by atoms with Gasteiger partial charge in [-0.05, 0) is 106 Å². The Morgan fingerprint density at radius 1 is 0.523 bits per heavy atom. The normalized spacial score (nSPS) is 23.9. The largest absolute Gasteiger partial charge is 0.481 e. The maximum absolute atomic E-state index is 15.1. The number of aromatic nitrogens is 1. The summed E-state index contributed by atoms with van der Waals surface area (Å²) in [4.78, 5) is 230. The third-order valence-corrected chi connectivity index (χ3v) is 18.5. The van der Waals surface area contributed by atoms with Gasteiger partial charge in [-0.3, -0.25) is 71.9 Å². The number of amides is 14. The number of rotatable bonds is 27. The summed E-state index contributed by atoms with van der Waals surface area (Å²) in [5, 5.41) is 55.8. The van der Waals surface area contributed by atoms with Gasteiger partial charge in [-0.15, -0.1) is 0 Å². The lowest BCUT2D eigenvalue weighted by Crippen LogP contribution is -2.61. The van der Waals surface area contributed by atoms with E-state index in [0.717, 1.165) is 9.80 Å². The Labute approximate surface area is 644 Å². The highest BCUT2D eigenvalue weighted by atomic mass is 16.5. The van der Waals surface area contributed by atoms with Gasteiger partial charge in [0.05, 0.1) is 39.0 Å². The van der Waals surface area contributed by atoms with Crippen molar-refractivity contribution in [3.63, 3.8) is 0 Å². The summed E-state index contributed by atoms with van der Waals surface area (Å²) in [6, 6.07) is -3.40. The summed E-state index contributed by atoms with van der Waals surface area (Å²) in [6.07, 6.45) is -3.00. The molecule has 1 aliphatic rings. The van der Waals surface area contributed by atoms with E-state index in [1.807, 2.05) is 13.8 Å². The molecule has 0 aliphatic carbocycles. The van der Waals surface area contributed by atoms with Crippen molar-refractivity contribution in [1.29, 1.82) is 0 Å². The third kappa shape index (κ3) is 31.0. The van der Waals surface area contributed by atoms with Crippen molar-refractivity contribution < 1.29 is 96.8 Å². The molecule has 0 unspecified atom stereocenters. The van der Waals surface area contributed by atoms with Crippen molar-refractivity contribution in [3.05, 3.63) is 71.9 Å². The number of aliphatic carboxylic acids is 1. The van der Waals surface area contributed by atoms with Crippen molar-refractivity contribution in [2.45, 2.75) is 217 Å². The Morgan fingerprint density at radius 2 is 1.02 bits per heavy atom. The van der Waals surface area contributed by atoms with Gasteiger partial charge < -0.3 is 111 Å². The second kappa shape index (κ2) is 46.8. The number of likely N-dealkylation sites (N-methyl/N-ethyl adjacent to an activating group) is 2. The molecule has 22 N–H and O–H groups in total. The molecule has 0 saturated carbocycles. The number of aliphatic hydroxyl groups is 2. The van der Waals surface area contributed by atoms with Crippen LogP contribution in [0.5, 0.6) is 0 Å². The van der Waals surface area contributed by atoms with Crippen LogP contribution in [0.4, 0.5) is 0 Å². The molecule has 1 fully saturated rings. The van der Waals surface area contributed by atoms with E-state index in [9.17, 15) is 87.2 Å².